The van der Waals surface area contributed by atoms with Crippen molar-refractivity contribution in [3.8, 4) is 0 Å². The first kappa shape index (κ1) is 12.7. The van der Waals surface area contributed by atoms with Gasteiger partial charge in [0.15, 0.2) is 5.13 Å². The fraction of sp³-hybridized carbons (Fsp3) is 0.667. The normalized spacial score (nSPS) is 20.6. The summed E-state index contributed by atoms with van der Waals surface area (Å²) in [5.74, 6) is 0.245. The number of aromatic nitrogens is 1. The van der Waals surface area contributed by atoms with Crippen LogP contribution in [0.5, 0.6) is 0 Å². The number of likely N-dealkylation sites (tertiary alicyclic amines) is 1. The van der Waals surface area contributed by atoms with Crippen molar-refractivity contribution in [3.05, 3.63) is 4.88 Å². The lowest BCUT2D eigenvalue weighted by Gasteiger charge is -2.29. The molecule has 1 saturated heterocycles. The number of hydrogen-bond donors (Lipinski definition) is 3. The second-order valence-electron chi connectivity index (χ2n) is 5.18. The van der Waals surface area contributed by atoms with Gasteiger partial charge < -0.3 is 21.1 Å². The Kier molecular flexibility index (Phi) is 3.32. The molecule has 2 fully saturated rings. The molecule has 6 nitrogen and oxygen atoms in total. The number of carbonyl (C=O) groups excluding carboxylic acids is 1. The van der Waals surface area contributed by atoms with Crippen molar-refractivity contribution < 1.29 is 9.90 Å². The Hall–Kier alpha value is -1.34. The maximum absolute atomic E-state index is 12.3. The lowest BCUT2D eigenvalue weighted by Crippen LogP contribution is -2.39. The number of thiazole rings is 1. The summed E-state index contributed by atoms with van der Waals surface area (Å²) in [7, 11) is 0. The number of nitrogens with one attached hydrogen (secondary N) is 1. The molecule has 1 aliphatic heterocycles. The van der Waals surface area contributed by atoms with Gasteiger partial charge in [-0.15, -0.1) is 0 Å². The molecule has 4 N–H and O–H groups in total. The number of aliphatic hydroxyl groups excluding tert-OH is 1. The van der Waals surface area contributed by atoms with Gasteiger partial charge in [-0.2, -0.15) is 0 Å². The van der Waals surface area contributed by atoms with Gasteiger partial charge in [-0.1, -0.05) is 11.3 Å². The third kappa shape index (κ3) is 2.82. The van der Waals surface area contributed by atoms with Crippen molar-refractivity contribution >= 4 is 28.2 Å². The second-order valence-corrected chi connectivity index (χ2v) is 6.17. The number of amides is 1. The Labute approximate surface area is 115 Å². The number of carbonyl (C=O) groups is 1. The Morgan fingerprint density at radius 2 is 2.05 bits per heavy atom. The fourth-order valence-corrected chi connectivity index (χ4v) is 3.09. The van der Waals surface area contributed by atoms with E-state index in [9.17, 15) is 9.90 Å². The molecular weight excluding hydrogens is 264 g/mol. The molecular formula is C12H18N4O2S. The van der Waals surface area contributed by atoms with Crippen LogP contribution >= 0.6 is 11.3 Å². The van der Waals surface area contributed by atoms with E-state index >= 15 is 0 Å². The largest absolute Gasteiger partial charge is 0.393 e. The van der Waals surface area contributed by atoms with Crippen LogP contribution in [0.3, 0.4) is 0 Å². The molecule has 1 saturated carbocycles. The fourth-order valence-electron chi connectivity index (χ4n) is 2.16. The predicted molar refractivity (Wildman–Crippen MR) is 74.3 cm³/mol. The molecule has 1 aromatic rings. The number of anilines is 2. The van der Waals surface area contributed by atoms with E-state index in [0.717, 1.165) is 18.0 Å². The lowest BCUT2D eigenvalue weighted by molar-refractivity contribution is 0.0551. The molecule has 1 aliphatic carbocycles. The Bertz CT molecular complexity index is 478. The molecule has 1 amide bonds. The summed E-state index contributed by atoms with van der Waals surface area (Å²) in [6.45, 7) is 1.17. The highest BCUT2D eigenvalue weighted by Gasteiger charge is 2.27. The molecule has 0 atom stereocenters. The van der Waals surface area contributed by atoms with Crippen LogP contribution in [0.25, 0.3) is 0 Å². The maximum Gasteiger partial charge on any atom is 0.267 e. The monoisotopic (exact) mass is 282 g/mol. The zero-order valence-corrected chi connectivity index (χ0v) is 11.4. The Morgan fingerprint density at radius 1 is 1.37 bits per heavy atom. The summed E-state index contributed by atoms with van der Waals surface area (Å²) < 4.78 is 0. The standard InChI is InChI=1S/C12H18N4O2S/c13-10-9(19-12(15-10)14-7-1-2-7)11(18)16-5-3-8(17)4-6-16/h7-8,17H,1-6,13H2,(H,14,15). The molecule has 7 heteroatoms. The average Bonchev–Trinajstić information content (AvgIpc) is 3.12. The van der Waals surface area contributed by atoms with Gasteiger partial charge in [-0.05, 0) is 25.7 Å². The van der Waals surface area contributed by atoms with Crippen LogP contribution in [0, 0.1) is 0 Å². The van der Waals surface area contributed by atoms with E-state index in [0.29, 0.717) is 42.7 Å². The number of piperidine rings is 1. The van der Waals surface area contributed by atoms with Crippen molar-refractivity contribution in [2.24, 2.45) is 0 Å². The van der Waals surface area contributed by atoms with Crippen LogP contribution in [0.4, 0.5) is 10.9 Å². The number of nitrogen functional groups attached to an aromatic ring is 1. The molecule has 19 heavy (non-hydrogen) atoms. The summed E-state index contributed by atoms with van der Waals surface area (Å²) >= 11 is 1.33. The van der Waals surface area contributed by atoms with Gasteiger partial charge in [0.1, 0.15) is 10.7 Å². The van der Waals surface area contributed by atoms with Gasteiger partial charge in [-0.25, -0.2) is 4.98 Å². The SMILES string of the molecule is Nc1nc(NC2CC2)sc1C(=O)N1CCC(O)CC1. The van der Waals surface area contributed by atoms with E-state index in [1.54, 1.807) is 4.90 Å². The summed E-state index contributed by atoms with van der Waals surface area (Å²) in [6.07, 6.45) is 3.31. The number of rotatable bonds is 3. The van der Waals surface area contributed by atoms with Gasteiger partial charge in [0.05, 0.1) is 6.10 Å². The quantitative estimate of drug-likeness (QED) is 0.766. The minimum absolute atomic E-state index is 0.0641. The van der Waals surface area contributed by atoms with Crippen LogP contribution in [0.1, 0.15) is 35.4 Å². The number of hydrogen-bond acceptors (Lipinski definition) is 6. The molecule has 3 rings (SSSR count). The van der Waals surface area contributed by atoms with E-state index in [1.807, 2.05) is 0 Å². The van der Waals surface area contributed by atoms with Gasteiger partial charge in [0, 0.05) is 19.1 Å². The average molecular weight is 282 g/mol. The number of aliphatic hydroxyl groups is 1. The van der Waals surface area contributed by atoms with Crippen LogP contribution in [0.2, 0.25) is 0 Å². The van der Waals surface area contributed by atoms with Crippen LogP contribution in [-0.4, -0.2) is 46.1 Å². The zero-order valence-electron chi connectivity index (χ0n) is 10.6. The van der Waals surface area contributed by atoms with Crippen LogP contribution < -0.4 is 11.1 Å². The molecule has 2 aliphatic rings. The third-order valence-corrected chi connectivity index (χ3v) is 4.49. The van der Waals surface area contributed by atoms with Crippen molar-refractivity contribution in [2.45, 2.75) is 37.8 Å². The van der Waals surface area contributed by atoms with Crippen molar-refractivity contribution in [3.63, 3.8) is 0 Å². The number of nitrogens with two attached hydrogens (primary N) is 1. The van der Waals surface area contributed by atoms with Gasteiger partial charge in [-0.3, -0.25) is 4.79 Å². The highest BCUT2D eigenvalue weighted by atomic mass is 32.1. The van der Waals surface area contributed by atoms with Gasteiger partial charge in [0.2, 0.25) is 0 Å². The summed E-state index contributed by atoms with van der Waals surface area (Å²) in [4.78, 5) is 18.8. The molecule has 0 aromatic carbocycles. The van der Waals surface area contributed by atoms with Crippen LogP contribution in [0.15, 0.2) is 0 Å². The predicted octanol–water partition coefficient (Wildman–Crippen LogP) is 0.896. The minimum Gasteiger partial charge on any atom is -0.393 e. The van der Waals surface area contributed by atoms with E-state index < -0.39 is 0 Å². The third-order valence-electron chi connectivity index (χ3n) is 3.50. The molecule has 104 valence electrons. The highest BCUT2D eigenvalue weighted by Crippen LogP contribution is 2.31. The van der Waals surface area contributed by atoms with E-state index in [2.05, 4.69) is 10.3 Å². The van der Waals surface area contributed by atoms with Crippen molar-refractivity contribution in [1.82, 2.24) is 9.88 Å². The van der Waals surface area contributed by atoms with Gasteiger partial charge >= 0.3 is 0 Å². The minimum atomic E-state index is -0.282. The van der Waals surface area contributed by atoms with Gasteiger partial charge in [0.25, 0.3) is 5.91 Å². The smallest absolute Gasteiger partial charge is 0.267 e. The summed E-state index contributed by atoms with van der Waals surface area (Å²) in [5.41, 5.74) is 5.83. The Balaban J connectivity index is 1.69. The van der Waals surface area contributed by atoms with Crippen molar-refractivity contribution in [2.75, 3.05) is 24.1 Å². The van der Waals surface area contributed by atoms with E-state index in [-0.39, 0.29) is 12.0 Å². The summed E-state index contributed by atoms with van der Waals surface area (Å²) in [6, 6.07) is 0.499. The molecule has 0 radical (unpaired) electrons. The lowest BCUT2D eigenvalue weighted by atomic mass is 10.1. The highest BCUT2D eigenvalue weighted by molar-refractivity contribution is 7.18. The molecule has 0 bridgehead atoms. The molecule has 1 aromatic heterocycles. The topological polar surface area (TPSA) is 91.5 Å². The molecule has 2 heterocycles. The number of nitrogens with zero attached hydrogens (tertiary/aromatic N) is 2. The molecule has 0 spiro atoms. The first-order valence-corrected chi connectivity index (χ1v) is 7.45. The van der Waals surface area contributed by atoms with E-state index in [1.165, 1.54) is 11.3 Å². The van der Waals surface area contributed by atoms with E-state index in [4.69, 9.17) is 5.73 Å². The first-order valence-electron chi connectivity index (χ1n) is 6.63. The Morgan fingerprint density at radius 3 is 2.68 bits per heavy atom. The second kappa shape index (κ2) is 4.97. The van der Waals surface area contributed by atoms with Crippen LogP contribution in [-0.2, 0) is 0 Å². The first-order chi connectivity index (χ1) is 9.13. The van der Waals surface area contributed by atoms with Crippen molar-refractivity contribution in [1.29, 1.82) is 0 Å². The molecule has 0 unspecified atom stereocenters. The maximum atomic E-state index is 12.3. The summed E-state index contributed by atoms with van der Waals surface area (Å²) in [5, 5.41) is 13.5. The zero-order chi connectivity index (χ0) is 13.4.